The van der Waals surface area contributed by atoms with Crippen LogP contribution in [-0.4, -0.2) is 26.8 Å². The first-order chi connectivity index (χ1) is 15.1. The Morgan fingerprint density at radius 1 is 1.06 bits per heavy atom. The van der Waals surface area contributed by atoms with Gasteiger partial charge in [-0.2, -0.15) is 0 Å². The second kappa shape index (κ2) is 9.44. The summed E-state index contributed by atoms with van der Waals surface area (Å²) in [7, 11) is 0. The molecule has 0 saturated carbocycles. The molecule has 4 aromatic rings. The number of rotatable bonds is 7. The number of amides is 1. The summed E-state index contributed by atoms with van der Waals surface area (Å²) >= 11 is 1.15. The lowest BCUT2D eigenvalue weighted by molar-refractivity contribution is -0.113. The molecule has 31 heavy (non-hydrogen) atoms. The molecule has 8 heteroatoms. The number of hydrogen-bond donors (Lipinski definition) is 2. The molecule has 3 aromatic carbocycles. The smallest absolute Gasteiger partial charge is 0.234 e. The molecule has 2 N–H and O–H groups in total. The van der Waals surface area contributed by atoms with E-state index in [4.69, 9.17) is 4.74 Å². The molecule has 1 heterocycles. The van der Waals surface area contributed by atoms with Crippen molar-refractivity contribution >= 4 is 23.4 Å². The lowest BCUT2D eigenvalue weighted by Crippen LogP contribution is -2.14. The number of nitrogens with one attached hydrogen (secondary N) is 2. The number of nitrogens with zero attached hydrogens (tertiary/aromatic N) is 2. The highest BCUT2D eigenvalue weighted by Gasteiger charge is 2.13. The van der Waals surface area contributed by atoms with Gasteiger partial charge in [-0.25, -0.2) is 9.37 Å². The molecule has 6 nitrogen and oxygen atoms in total. The fourth-order valence-electron chi connectivity index (χ4n) is 2.79. The van der Waals surface area contributed by atoms with Gasteiger partial charge in [0.1, 0.15) is 11.6 Å². The third-order valence-corrected chi connectivity index (χ3v) is 5.18. The molecule has 0 unspecified atom stereocenters. The first-order valence-corrected chi connectivity index (χ1v) is 10.5. The fourth-order valence-corrected chi connectivity index (χ4v) is 3.39. The van der Waals surface area contributed by atoms with Gasteiger partial charge < -0.3 is 10.1 Å². The van der Waals surface area contributed by atoms with Crippen molar-refractivity contribution in [3.63, 3.8) is 0 Å². The Morgan fingerprint density at radius 2 is 1.81 bits per heavy atom. The van der Waals surface area contributed by atoms with Gasteiger partial charge in [0.25, 0.3) is 0 Å². The van der Waals surface area contributed by atoms with Crippen LogP contribution >= 0.6 is 11.8 Å². The quantitative estimate of drug-likeness (QED) is 0.379. The Balaban J connectivity index is 1.38. The molecule has 0 atom stereocenters. The minimum Gasteiger partial charge on any atom is -0.455 e. The number of thioether (sulfide) groups is 1. The van der Waals surface area contributed by atoms with Crippen molar-refractivity contribution in [1.82, 2.24) is 15.2 Å². The van der Waals surface area contributed by atoms with Crippen LogP contribution in [0, 0.1) is 12.7 Å². The van der Waals surface area contributed by atoms with Crippen LogP contribution in [0.1, 0.15) is 5.56 Å². The number of aryl methyl sites for hydroxylation is 1. The first-order valence-electron chi connectivity index (χ1n) is 9.52. The first kappa shape index (κ1) is 20.6. The largest absolute Gasteiger partial charge is 0.455 e. The number of hydrogen-bond acceptors (Lipinski definition) is 5. The van der Waals surface area contributed by atoms with Crippen molar-refractivity contribution in [2.75, 3.05) is 11.1 Å². The van der Waals surface area contributed by atoms with Crippen LogP contribution in [0.4, 0.5) is 10.1 Å². The highest BCUT2D eigenvalue weighted by molar-refractivity contribution is 7.99. The molecule has 1 amide bonds. The third kappa shape index (κ3) is 5.29. The van der Waals surface area contributed by atoms with Crippen LogP contribution in [0.5, 0.6) is 11.5 Å². The lowest BCUT2D eigenvalue weighted by Gasteiger charge is -2.12. The van der Waals surface area contributed by atoms with Crippen molar-refractivity contribution < 1.29 is 13.9 Å². The molecule has 0 bridgehead atoms. The monoisotopic (exact) mass is 434 g/mol. The summed E-state index contributed by atoms with van der Waals surface area (Å²) in [6.07, 6.45) is 0. The molecule has 0 spiro atoms. The Hall–Kier alpha value is -3.65. The number of halogens is 1. The predicted molar refractivity (Wildman–Crippen MR) is 119 cm³/mol. The predicted octanol–water partition coefficient (Wildman–Crippen LogP) is 5.44. The van der Waals surface area contributed by atoms with Gasteiger partial charge in [-0.15, -0.1) is 5.10 Å². The maximum absolute atomic E-state index is 13.9. The summed E-state index contributed by atoms with van der Waals surface area (Å²) in [5.74, 6) is 1.01. The molecular formula is C23H19FN4O2S. The van der Waals surface area contributed by atoms with Crippen LogP contribution in [0.3, 0.4) is 0 Å². The van der Waals surface area contributed by atoms with E-state index >= 15 is 0 Å². The van der Waals surface area contributed by atoms with Crippen molar-refractivity contribution in [2.24, 2.45) is 0 Å². The topological polar surface area (TPSA) is 79.9 Å². The normalized spacial score (nSPS) is 10.6. The van der Waals surface area contributed by atoms with Crippen LogP contribution in [-0.2, 0) is 4.79 Å². The number of aromatic amines is 1. The number of carbonyl (C=O) groups is 1. The zero-order chi connectivity index (χ0) is 21.6. The van der Waals surface area contributed by atoms with E-state index in [1.807, 2.05) is 43.3 Å². The molecule has 156 valence electrons. The molecule has 4 rings (SSSR count). The van der Waals surface area contributed by atoms with Crippen LogP contribution in [0.2, 0.25) is 0 Å². The summed E-state index contributed by atoms with van der Waals surface area (Å²) in [5.41, 5.74) is 2.03. The van der Waals surface area contributed by atoms with E-state index < -0.39 is 5.82 Å². The number of carbonyl (C=O) groups excluding carboxylic acids is 1. The molecule has 1 aromatic heterocycles. The summed E-state index contributed by atoms with van der Waals surface area (Å²) in [6.45, 7) is 2.00. The van der Waals surface area contributed by atoms with Gasteiger partial charge in [0, 0.05) is 0 Å². The Labute approximate surface area is 182 Å². The second-order valence-corrected chi connectivity index (χ2v) is 7.64. The third-order valence-electron chi connectivity index (χ3n) is 4.34. The van der Waals surface area contributed by atoms with Crippen molar-refractivity contribution in [2.45, 2.75) is 12.1 Å². The standard InChI is InChI=1S/C23H19FN4O2S/c1-15-10-12-16(13-11-15)30-20-9-5-4-8-19(20)25-21(29)14-31-23-26-22(27-28-23)17-6-2-3-7-18(17)24/h2-13H,14H2,1H3,(H,25,29)(H,26,27,28). The van der Waals surface area contributed by atoms with E-state index in [-0.39, 0.29) is 11.7 Å². The van der Waals surface area contributed by atoms with E-state index in [9.17, 15) is 9.18 Å². The average molecular weight is 434 g/mol. The van der Waals surface area contributed by atoms with Gasteiger partial charge >= 0.3 is 0 Å². The SMILES string of the molecule is Cc1ccc(Oc2ccccc2NC(=O)CSc2n[nH]c(-c3ccccc3F)n2)cc1. The molecule has 0 aliphatic rings. The van der Waals surface area contributed by atoms with E-state index in [0.717, 1.165) is 17.3 Å². The van der Waals surface area contributed by atoms with Gasteiger partial charge in [0.15, 0.2) is 11.6 Å². The minimum atomic E-state index is -0.391. The summed E-state index contributed by atoms with van der Waals surface area (Å²) < 4.78 is 19.8. The lowest BCUT2D eigenvalue weighted by atomic mass is 10.2. The van der Waals surface area contributed by atoms with Crippen LogP contribution < -0.4 is 10.1 Å². The Bertz CT molecular complexity index is 1190. The summed E-state index contributed by atoms with van der Waals surface area (Å²) in [4.78, 5) is 16.7. The highest BCUT2D eigenvalue weighted by atomic mass is 32.2. The molecule has 0 radical (unpaired) electrons. The molecule has 0 fully saturated rings. The highest BCUT2D eigenvalue weighted by Crippen LogP contribution is 2.30. The van der Waals surface area contributed by atoms with E-state index in [2.05, 4.69) is 20.5 Å². The molecule has 0 saturated heterocycles. The van der Waals surface area contributed by atoms with Gasteiger partial charge in [0.2, 0.25) is 11.1 Å². The van der Waals surface area contributed by atoms with Gasteiger partial charge in [-0.05, 0) is 43.3 Å². The molecule has 0 aliphatic carbocycles. The maximum atomic E-state index is 13.9. The fraction of sp³-hybridized carbons (Fsp3) is 0.0870. The van der Waals surface area contributed by atoms with Crippen molar-refractivity contribution in [3.8, 4) is 22.9 Å². The maximum Gasteiger partial charge on any atom is 0.234 e. The van der Waals surface area contributed by atoms with Crippen molar-refractivity contribution in [3.05, 3.63) is 84.2 Å². The Morgan fingerprint density at radius 3 is 2.61 bits per heavy atom. The number of para-hydroxylation sites is 2. The zero-order valence-electron chi connectivity index (χ0n) is 16.6. The molecular weight excluding hydrogens is 415 g/mol. The zero-order valence-corrected chi connectivity index (χ0v) is 17.4. The number of H-pyrrole nitrogens is 1. The molecule has 0 aliphatic heterocycles. The van der Waals surface area contributed by atoms with Crippen molar-refractivity contribution in [1.29, 1.82) is 0 Å². The van der Waals surface area contributed by atoms with E-state index in [0.29, 0.717) is 33.7 Å². The minimum absolute atomic E-state index is 0.0907. The van der Waals surface area contributed by atoms with Gasteiger partial charge in [-0.3, -0.25) is 9.89 Å². The number of ether oxygens (including phenoxy) is 1. The number of anilines is 1. The summed E-state index contributed by atoms with van der Waals surface area (Å²) in [5, 5.41) is 9.96. The second-order valence-electron chi connectivity index (χ2n) is 6.69. The van der Waals surface area contributed by atoms with Gasteiger partial charge in [-0.1, -0.05) is 53.7 Å². The number of benzene rings is 3. The number of aromatic nitrogens is 3. The van der Waals surface area contributed by atoms with Gasteiger partial charge in [0.05, 0.1) is 17.0 Å². The van der Waals surface area contributed by atoms with Crippen LogP contribution in [0.15, 0.2) is 78.0 Å². The average Bonchev–Trinajstić information content (AvgIpc) is 3.24. The van der Waals surface area contributed by atoms with E-state index in [1.165, 1.54) is 6.07 Å². The van der Waals surface area contributed by atoms with Crippen LogP contribution in [0.25, 0.3) is 11.4 Å². The summed E-state index contributed by atoms with van der Waals surface area (Å²) in [6, 6.07) is 21.2. The Kier molecular flexibility index (Phi) is 6.28. The van der Waals surface area contributed by atoms with E-state index in [1.54, 1.807) is 30.3 Å².